The quantitative estimate of drug-likeness (QED) is 0.712. The lowest BCUT2D eigenvalue weighted by Gasteiger charge is -2.12. The van der Waals surface area contributed by atoms with Crippen molar-refractivity contribution in [2.24, 2.45) is 0 Å². The Morgan fingerprint density at radius 3 is 3.00 bits per heavy atom. The molecule has 1 unspecified atom stereocenters. The van der Waals surface area contributed by atoms with E-state index in [-0.39, 0.29) is 11.8 Å². The summed E-state index contributed by atoms with van der Waals surface area (Å²) < 4.78 is 12.1. The molecule has 0 aliphatic rings. The topological polar surface area (TPSA) is 86.5 Å². The monoisotopic (exact) mass is 243 g/mol. The van der Waals surface area contributed by atoms with Gasteiger partial charge in [0, 0.05) is 6.61 Å². The van der Waals surface area contributed by atoms with E-state index in [0.717, 1.165) is 0 Å². The Morgan fingerprint density at radius 2 is 2.41 bits per heavy atom. The highest BCUT2D eigenvalue weighted by atomic mass is 16.5. The molecule has 0 bridgehead atoms. The van der Waals surface area contributed by atoms with Crippen LogP contribution in [-0.4, -0.2) is 52.0 Å². The molecule has 1 aromatic heterocycles. The van der Waals surface area contributed by atoms with E-state index < -0.39 is 5.97 Å². The number of rotatable bonds is 8. The molecule has 1 heterocycles. The molecule has 0 aromatic carbocycles. The van der Waals surface area contributed by atoms with Crippen LogP contribution in [0.5, 0.6) is 0 Å². The minimum Gasteiger partial charge on any atom is -0.476 e. The van der Waals surface area contributed by atoms with Gasteiger partial charge in [0.2, 0.25) is 0 Å². The van der Waals surface area contributed by atoms with E-state index >= 15 is 0 Å². The normalized spacial score (nSPS) is 12.6. The number of nitrogens with zero attached hydrogens (tertiary/aromatic N) is 3. The lowest BCUT2D eigenvalue weighted by molar-refractivity contribution is -0.00689. The SMILES string of the molecule is CCOCC(C)OCCn1cc(C(=O)O)nn1. The first-order valence-electron chi connectivity index (χ1n) is 5.46. The number of aromatic nitrogens is 3. The number of carbonyl (C=O) groups is 1. The zero-order valence-electron chi connectivity index (χ0n) is 10.00. The molecule has 1 N–H and O–H groups in total. The summed E-state index contributed by atoms with van der Waals surface area (Å²) >= 11 is 0. The van der Waals surface area contributed by atoms with Crippen molar-refractivity contribution in [2.45, 2.75) is 26.5 Å². The van der Waals surface area contributed by atoms with Crippen molar-refractivity contribution in [1.29, 1.82) is 0 Å². The molecule has 96 valence electrons. The number of carboxylic acids is 1. The van der Waals surface area contributed by atoms with Crippen LogP contribution >= 0.6 is 0 Å². The van der Waals surface area contributed by atoms with E-state index in [1.807, 2.05) is 13.8 Å². The second-order valence-corrected chi connectivity index (χ2v) is 3.51. The highest BCUT2D eigenvalue weighted by molar-refractivity contribution is 5.84. The van der Waals surface area contributed by atoms with Crippen molar-refractivity contribution >= 4 is 5.97 Å². The van der Waals surface area contributed by atoms with Crippen molar-refractivity contribution in [3.05, 3.63) is 11.9 Å². The number of ether oxygens (including phenoxy) is 2. The third-order valence-electron chi connectivity index (χ3n) is 2.04. The number of hydrogen-bond acceptors (Lipinski definition) is 5. The molecule has 17 heavy (non-hydrogen) atoms. The first-order chi connectivity index (χ1) is 8.13. The lowest BCUT2D eigenvalue weighted by atomic mass is 10.4. The van der Waals surface area contributed by atoms with Gasteiger partial charge in [0.05, 0.1) is 32.1 Å². The summed E-state index contributed by atoms with van der Waals surface area (Å²) in [4.78, 5) is 10.6. The standard InChI is InChI=1S/C10H17N3O4/c1-3-16-7-8(2)17-5-4-13-6-9(10(14)15)11-12-13/h6,8H,3-5,7H2,1-2H3,(H,14,15). The highest BCUT2D eigenvalue weighted by Crippen LogP contribution is 1.95. The second kappa shape index (κ2) is 6.97. The second-order valence-electron chi connectivity index (χ2n) is 3.51. The van der Waals surface area contributed by atoms with Crippen molar-refractivity contribution < 1.29 is 19.4 Å². The summed E-state index contributed by atoms with van der Waals surface area (Å²) in [6, 6.07) is 0. The maximum Gasteiger partial charge on any atom is 0.358 e. The average molecular weight is 243 g/mol. The molecule has 0 saturated heterocycles. The van der Waals surface area contributed by atoms with Gasteiger partial charge in [-0.2, -0.15) is 0 Å². The molecule has 0 fully saturated rings. The number of carboxylic acid groups (broad SMARTS) is 1. The minimum absolute atomic E-state index is 0.0115. The molecule has 0 saturated carbocycles. The Morgan fingerprint density at radius 1 is 1.65 bits per heavy atom. The van der Waals surface area contributed by atoms with Crippen LogP contribution in [0.15, 0.2) is 6.20 Å². The van der Waals surface area contributed by atoms with Gasteiger partial charge in [0.15, 0.2) is 5.69 Å². The van der Waals surface area contributed by atoms with Gasteiger partial charge in [-0.3, -0.25) is 0 Å². The lowest BCUT2D eigenvalue weighted by Crippen LogP contribution is -2.19. The Hall–Kier alpha value is -1.47. The predicted molar refractivity (Wildman–Crippen MR) is 58.9 cm³/mol. The van der Waals surface area contributed by atoms with Crippen LogP contribution in [0.2, 0.25) is 0 Å². The van der Waals surface area contributed by atoms with Crippen LogP contribution < -0.4 is 0 Å². The van der Waals surface area contributed by atoms with Gasteiger partial charge >= 0.3 is 5.97 Å². The van der Waals surface area contributed by atoms with Crippen molar-refractivity contribution in [1.82, 2.24) is 15.0 Å². The fourth-order valence-corrected chi connectivity index (χ4v) is 1.19. The summed E-state index contributed by atoms with van der Waals surface area (Å²) in [5.41, 5.74) is -0.0626. The predicted octanol–water partition coefficient (Wildman–Crippen LogP) is 0.418. The summed E-state index contributed by atoms with van der Waals surface area (Å²) in [6.07, 6.45) is 1.39. The van der Waals surface area contributed by atoms with E-state index in [9.17, 15) is 4.79 Å². The molecule has 0 aliphatic carbocycles. The van der Waals surface area contributed by atoms with Gasteiger partial charge in [-0.15, -0.1) is 5.10 Å². The first-order valence-corrected chi connectivity index (χ1v) is 5.46. The Bertz CT molecular complexity index is 353. The van der Waals surface area contributed by atoms with Crippen LogP contribution in [0.4, 0.5) is 0 Å². The third-order valence-corrected chi connectivity index (χ3v) is 2.04. The van der Waals surface area contributed by atoms with Gasteiger partial charge < -0.3 is 14.6 Å². The van der Waals surface area contributed by atoms with Crippen molar-refractivity contribution in [3.8, 4) is 0 Å². The van der Waals surface area contributed by atoms with E-state index in [1.165, 1.54) is 10.9 Å². The van der Waals surface area contributed by atoms with Crippen LogP contribution in [0.25, 0.3) is 0 Å². The summed E-state index contributed by atoms with van der Waals surface area (Å²) in [5.74, 6) is -1.08. The van der Waals surface area contributed by atoms with Gasteiger partial charge in [-0.05, 0) is 13.8 Å². The van der Waals surface area contributed by atoms with E-state index in [0.29, 0.717) is 26.4 Å². The van der Waals surface area contributed by atoms with Crippen LogP contribution in [0.1, 0.15) is 24.3 Å². The summed E-state index contributed by atoms with van der Waals surface area (Å²) in [7, 11) is 0. The molecule has 0 radical (unpaired) electrons. The maximum atomic E-state index is 10.6. The number of aromatic carboxylic acids is 1. The Balaban J connectivity index is 2.23. The summed E-state index contributed by atoms with van der Waals surface area (Å²) in [6.45, 7) is 5.97. The van der Waals surface area contributed by atoms with Crippen LogP contribution in [0, 0.1) is 0 Å². The molecule has 7 nitrogen and oxygen atoms in total. The maximum absolute atomic E-state index is 10.6. The Labute approximate surface area is 99.3 Å². The van der Waals surface area contributed by atoms with Crippen LogP contribution in [0.3, 0.4) is 0 Å². The zero-order valence-corrected chi connectivity index (χ0v) is 10.00. The van der Waals surface area contributed by atoms with E-state index in [2.05, 4.69) is 10.3 Å². The van der Waals surface area contributed by atoms with Crippen molar-refractivity contribution in [2.75, 3.05) is 19.8 Å². The molecular weight excluding hydrogens is 226 g/mol. The van der Waals surface area contributed by atoms with Crippen LogP contribution in [-0.2, 0) is 16.0 Å². The summed E-state index contributed by atoms with van der Waals surface area (Å²) in [5, 5.41) is 15.8. The highest BCUT2D eigenvalue weighted by Gasteiger charge is 2.08. The van der Waals surface area contributed by atoms with Gasteiger partial charge in [0.25, 0.3) is 0 Å². The molecule has 0 amide bonds. The van der Waals surface area contributed by atoms with Gasteiger partial charge in [0.1, 0.15) is 0 Å². The average Bonchev–Trinajstić information content (AvgIpc) is 2.75. The Kier molecular flexibility index (Phi) is 5.58. The largest absolute Gasteiger partial charge is 0.476 e. The molecular formula is C10H17N3O4. The van der Waals surface area contributed by atoms with E-state index in [4.69, 9.17) is 14.6 Å². The molecule has 1 aromatic rings. The fraction of sp³-hybridized carbons (Fsp3) is 0.700. The molecule has 1 rings (SSSR count). The molecule has 7 heteroatoms. The molecule has 0 spiro atoms. The van der Waals surface area contributed by atoms with Gasteiger partial charge in [-0.1, -0.05) is 5.21 Å². The molecule has 1 atom stereocenters. The molecule has 0 aliphatic heterocycles. The van der Waals surface area contributed by atoms with E-state index in [1.54, 1.807) is 0 Å². The first kappa shape index (κ1) is 13.6. The van der Waals surface area contributed by atoms with Crippen molar-refractivity contribution in [3.63, 3.8) is 0 Å². The smallest absolute Gasteiger partial charge is 0.358 e. The minimum atomic E-state index is -1.08. The number of hydrogen-bond donors (Lipinski definition) is 1. The third kappa shape index (κ3) is 4.92. The van der Waals surface area contributed by atoms with Gasteiger partial charge in [-0.25, -0.2) is 9.48 Å². The zero-order chi connectivity index (χ0) is 12.7. The fourth-order valence-electron chi connectivity index (χ4n) is 1.19.